The molecule has 1 saturated heterocycles. The van der Waals surface area contributed by atoms with Gasteiger partial charge >= 0.3 is 6.09 Å². The van der Waals surface area contributed by atoms with E-state index in [0.29, 0.717) is 17.6 Å². The zero-order valence-electron chi connectivity index (χ0n) is 20.5. The number of anilines is 2. The number of carbonyl (C=O) groups excluding carboxylic acids is 1. The lowest BCUT2D eigenvalue weighted by Gasteiger charge is -2.58. The van der Waals surface area contributed by atoms with Crippen molar-refractivity contribution in [2.45, 2.75) is 96.9 Å². The zero-order chi connectivity index (χ0) is 22.9. The van der Waals surface area contributed by atoms with E-state index in [0.717, 1.165) is 45.4 Å². The van der Waals surface area contributed by atoms with E-state index in [9.17, 15) is 4.79 Å². The van der Waals surface area contributed by atoms with Gasteiger partial charge < -0.3 is 25.0 Å². The van der Waals surface area contributed by atoms with Crippen LogP contribution < -0.4 is 15.5 Å². The standard InChI is InChI=1S/C26H41N3O3/c1-6-31-22-9-11-29(12-10-22)21-7-8-23(18(2)13-21)27-19-14-26(15-19)16-20(17-26)28-24(30)32-25(3,4)5/h7-8,13,19-20,22,27H,6,9-12,14-17H2,1-5H3,(H,28,30). The zero-order valence-corrected chi connectivity index (χ0v) is 20.5. The molecule has 3 aliphatic rings. The van der Waals surface area contributed by atoms with Crippen molar-refractivity contribution >= 4 is 17.5 Å². The van der Waals surface area contributed by atoms with Gasteiger partial charge in [-0.05, 0) is 102 Å². The lowest BCUT2D eigenvalue weighted by molar-refractivity contribution is -0.0178. The number of carbonyl (C=O) groups is 1. The van der Waals surface area contributed by atoms with Gasteiger partial charge in [-0.3, -0.25) is 0 Å². The number of hydrogen-bond donors (Lipinski definition) is 2. The maximum atomic E-state index is 12.0. The van der Waals surface area contributed by atoms with Crippen molar-refractivity contribution < 1.29 is 14.3 Å². The fourth-order valence-electron chi connectivity index (χ4n) is 5.73. The smallest absolute Gasteiger partial charge is 0.407 e. The van der Waals surface area contributed by atoms with Crippen molar-refractivity contribution in [3.05, 3.63) is 23.8 Å². The predicted molar refractivity (Wildman–Crippen MR) is 130 cm³/mol. The van der Waals surface area contributed by atoms with Crippen molar-refractivity contribution in [1.82, 2.24) is 5.32 Å². The van der Waals surface area contributed by atoms with E-state index in [1.54, 1.807) is 0 Å². The molecule has 0 unspecified atom stereocenters. The van der Waals surface area contributed by atoms with Crippen molar-refractivity contribution in [1.29, 1.82) is 0 Å². The average molecular weight is 444 g/mol. The average Bonchev–Trinajstić information content (AvgIpc) is 2.65. The van der Waals surface area contributed by atoms with Crippen molar-refractivity contribution in [3.8, 4) is 0 Å². The van der Waals surface area contributed by atoms with Crippen molar-refractivity contribution in [2.75, 3.05) is 29.9 Å². The van der Waals surface area contributed by atoms with Crippen LogP contribution in [0.3, 0.4) is 0 Å². The molecule has 1 amide bonds. The van der Waals surface area contributed by atoms with E-state index < -0.39 is 5.60 Å². The molecule has 32 heavy (non-hydrogen) atoms. The molecule has 0 radical (unpaired) electrons. The van der Waals surface area contributed by atoms with Crippen molar-refractivity contribution in [2.24, 2.45) is 5.41 Å². The molecule has 1 aromatic rings. The summed E-state index contributed by atoms with van der Waals surface area (Å²) in [6.45, 7) is 12.9. The second-order valence-corrected chi connectivity index (χ2v) is 11.1. The number of benzene rings is 1. The van der Waals surface area contributed by atoms with Crippen LogP contribution in [0.2, 0.25) is 0 Å². The Labute approximate surface area is 193 Å². The maximum absolute atomic E-state index is 12.0. The molecule has 3 fully saturated rings. The van der Waals surface area contributed by atoms with Crippen LogP contribution >= 0.6 is 0 Å². The van der Waals surface area contributed by atoms with Gasteiger partial charge in [0.25, 0.3) is 0 Å². The molecule has 1 spiro atoms. The molecule has 6 heteroatoms. The molecule has 1 aliphatic heterocycles. The molecule has 178 valence electrons. The molecule has 1 aromatic carbocycles. The summed E-state index contributed by atoms with van der Waals surface area (Å²) < 4.78 is 11.2. The van der Waals surface area contributed by atoms with E-state index in [-0.39, 0.29) is 12.1 Å². The number of amides is 1. The van der Waals surface area contributed by atoms with Crippen LogP contribution in [0, 0.1) is 12.3 Å². The van der Waals surface area contributed by atoms with Gasteiger partial charge in [-0.25, -0.2) is 4.79 Å². The summed E-state index contributed by atoms with van der Waals surface area (Å²) in [7, 11) is 0. The third-order valence-corrected chi connectivity index (χ3v) is 7.22. The minimum absolute atomic E-state index is 0.263. The molecule has 0 bridgehead atoms. The van der Waals surface area contributed by atoms with Crippen molar-refractivity contribution in [3.63, 3.8) is 0 Å². The number of alkyl carbamates (subject to hydrolysis) is 1. The number of ether oxygens (including phenoxy) is 2. The maximum Gasteiger partial charge on any atom is 0.407 e. The first-order chi connectivity index (χ1) is 15.1. The first-order valence-corrected chi connectivity index (χ1v) is 12.4. The van der Waals surface area contributed by atoms with Gasteiger partial charge in [-0.15, -0.1) is 0 Å². The second-order valence-electron chi connectivity index (χ2n) is 11.1. The third kappa shape index (κ3) is 5.51. The highest BCUT2D eigenvalue weighted by atomic mass is 16.6. The number of rotatable bonds is 6. The fourth-order valence-corrected chi connectivity index (χ4v) is 5.73. The van der Waals surface area contributed by atoms with Crippen LogP contribution in [-0.4, -0.2) is 49.6 Å². The molecule has 2 N–H and O–H groups in total. The lowest BCUT2D eigenvalue weighted by Crippen LogP contribution is -2.59. The lowest BCUT2D eigenvalue weighted by atomic mass is 9.52. The second kappa shape index (κ2) is 9.12. The summed E-state index contributed by atoms with van der Waals surface area (Å²) >= 11 is 0. The number of aryl methyl sites for hydroxylation is 1. The molecule has 0 aromatic heterocycles. The summed E-state index contributed by atoms with van der Waals surface area (Å²) in [4.78, 5) is 14.4. The molecule has 6 nitrogen and oxygen atoms in total. The van der Waals surface area contributed by atoms with E-state index in [2.05, 4.69) is 47.6 Å². The largest absolute Gasteiger partial charge is 0.444 e. The molecule has 4 rings (SSSR count). The Balaban J connectivity index is 1.20. The van der Waals surface area contributed by atoms with E-state index >= 15 is 0 Å². The van der Waals surface area contributed by atoms with Gasteiger partial charge in [-0.1, -0.05) is 0 Å². The summed E-state index contributed by atoms with van der Waals surface area (Å²) in [5.41, 5.74) is 3.86. The summed E-state index contributed by atoms with van der Waals surface area (Å²) in [5, 5.41) is 6.78. The van der Waals surface area contributed by atoms with E-state index in [4.69, 9.17) is 9.47 Å². The topological polar surface area (TPSA) is 62.8 Å². The molecule has 0 atom stereocenters. The van der Waals surface area contributed by atoms with Gasteiger partial charge in [0.1, 0.15) is 5.60 Å². The first-order valence-electron chi connectivity index (χ1n) is 12.4. The van der Waals surface area contributed by atoms with Crippen LogP contribution in [-0.2, 0) is 9.47 Å². The Morgan fingerprint density at radius 1 is 1.12 bits per heavy atom. The molecule has 2 aliphatic carbocycles. The monoisotopic (exact) mass is 443 g/mol. The highest BCUT2D eigenvalue weighted by Gasteiger charge is 2.53. The van der Waals surface area contributed by atoms with Gasteiger partial charge in [0, 0.05) is 43.2 Å². The predicted octanol–water partition coefficient (Wildman–Crippen LogP) is 5.25. The summed E-state index contributed by atoms with van der Waals surface area (Å²) in [5.74, 6) is 0. The molecule has 2 saturated carbocycles. The fraction of sp³-hybridized carbons (Fsp3) is 0.731. The number of hydrogen-bond acceptors (Lipinski definition) is 5. The summed E-state index contributed by atoms with van der Waals surface area (Å²) in [6, 6.07) is 7.62. The minimum Gasteiger partial charge on any atom is -0.444 e. The number of nitrogens with zero attached hydrogens (tertiary/aromatic N) is 1. The quantitative estimate of drug-likeness (QED) is 0.629. The van der Waals surface area contributed by atoms with E-state index in [1.165, 1.54) is 29.8 Å². The van der Waals surface area contributed by atoms with Gasteiger partial charge in [0.15, 0.2) is 0 Å². The van der Waals surface area contributed by atoms with Gasteiger partial charge in [-0.2, -0.15) is 0 Å². The van der Waals surface area contributed by atoms with Gasteiger partial charge in [0.2, 0.25) is 0 Å². The highest BCUT2D eigenvalue weighted by Crippen LogP contribution is 2.56. The van der Waals surface area contributed by atoms with Crippen LogP contribution in [0.15, 0.2) is 18.2 Å². The minimum atomic E-state index is -0.440. The van der Waals surface area contributed by atoms with Gasteiger partial charge in [0.05, 0.1) is 6.10 Å². The van der Waals surface area contributed by atoms with Crippen LogP contribution in [0.4, 0.5) is 16.2 Å². The van der Waals surface area contributed by atoms with Crippen LogP contribution in [0.25, 0.3) is 0 Å². The Kier molecular flexibility index (Phi) is 6.62. The molecule has 1 heterocycles. The first kappa shape index (κ1) is 23.2. The Morgan fingerprint density at radius 2 is 1.78 bits per heavy atom. The third-order valence-electron chi connectivity index (χ3n) is 7.22. The number of nitrogens with one attached hydrogen (secondary N) is 2. The normalized spacial score (nSPS) is 28.1. The Hall–Kier alpha value is -1.95. The molecular weight excluding hydrogens is 402 g/mol. The Bertz CT molecular complexity index is 797. The Morgan fingerprint density at radius 3 is 2.38 bits per heavy atom. The van der Waals surface area contributed by atoms with Crippen LogP contribution in [0.5, 0.6) is 0 Å². The van der Waals surface area contributed by atoms with Crippen LogP contribution in [0.1, 0.15) is 71.8 Å². The summed E-state index contributed by atoms with van der Waals surface area (Å²) in [6.07, 6.45) is 6.87. The number of piperidine rings is 1. The SMILES string of the molecule is CCOC1CCN(c2ccc(NC3CC4(CC(NC(=O)OC(C)(C)C)C4)C3)c(C)c2)CC1. The molecular formula is C26H41N3O3. The van der Waals surface area contributed by atoms with E-state index in [1.807, 2.05) is 20.8 Å². The highest BCUT2D eigenvalue weighted by molar-refractivity contribution is 5.68.